The van der Waals surface area contributed by atoms with Gasteiger partial charge in [0.25, 0.3) is 0 Å². The lowest BCUT2D eigenvalue weighted by Crippen LogP contribution is -2.18. The molecule has 2 aromatic rings. The zero-order valence-electron chi connectivity index (χ0n) is 13.7. The molecule has 25 heavy (non-hydrogen) atoms. The van der Waals surface area contributed by atoms with Crippen molar-refractivity contribution >= 4 is 55.2 Å². The number of anilines is 1. The third-order valence-corrected chi connectivity index (χ3v) is 6.52. The minimum Gasteiger partial charge on any atom is -0.494 e. The number of thioether (sulfide) groups is 1. The summed E-state index contributed by atoms with van der Waals surface area (Å²) in [7, 11) is 0. The van der Waals surface area contributed by atoms with E-state index < -0.39 is 0 Å². The number of benzene rings is 2. The van der Waals surface area contributed by atoms with Crippen LogP contribution in [0.5, 0.6) is 5.75 Å². The molecule has 1 amide bonds. The lowest BCUT2D eigenvalue weighted by molar-refractivity contribution is -0.116. The average molecular weight is 485 g/mol. The molecule has 1 aliphatic rings. The fraction of sp³-hybridized carbons (Fsp3) is 0.316. The van der Waals surface area contributed by atoms with E-state index in [1.165, 1.54) is 4.90 Å². The van der Waals surface area contributed by atoms with Crippen LogP contribution in [-0.4, -0.2) is 18.3 Å². The maximum atomic E-state index is 11.4. The molecule has 3 nitrogen and oxygen atoms in total. The lowest BCUT2D eigenvalue weighted by atomic mass is 10.0. The Bertz CT molecular complexity index is 767. The van der Waals surface area contributed by atoms with Crippen molar-refractivity contribution in [3.63, 3.8) is 0 Å². The van der Waals surface area contributed by atoms with Crippen molar-refractivity contribution in [3.8, 4) is 5.75 Å². The molecule has 2 aromatic carbocycles. The van der Waals surface area contributed by atoms with Gasteiger partial charge in [0, 0.05) is 25.9 Å². The highest BCUT2D eigenvalue weighted by atomic mass is 79.9. The second-order valence-corrected chi connectivity index (χ2v) is 8.75. The number of nitrogens with one attached hydrogen (secondary N) is 1. The molecule has 0 radical (unpaired) electrons. The topological polar surface area (TPSA) is 38.3 Å². The van der Waals surface area contributed by atoms with Gasteiger partial charge in [-0.1, -0.05) is 15.9 Å². The first-order chi connectivity index (χ1) is 12.1. The van der Waals surface area contributed by atoms with E-state index in [1.54, 1.807) is 0 Å². The van der Waals surface area contributed by atoms with Gasteiger partial charge >= 0.3 is 0 Å². The minimum atomic E-state index is 0.0933. The Labute approximate surface area is 169 Å². The van der Waals surface area contributed by atoms with Crippen molar-refractivity contribution in [3.05, 3.63) is 50.9 Å². The second-order valence-electron chi connectivity index (χ2n) is 5.85. The second kappa shape index (κ2) is 9.10. The third kappa shape index (κ3) is 5.50. The Morgan fingerprint density at radius 3 is 2.84 bits per heavy atom. The monoisotopic (exact) mass is 483 g/mol. The first-order valence-electron chi connectivity index (χ1n) is 8.25. The van der Waals surface area contributed by atoms with Gasteiger partial charge in [-0.3, -0.25) is 4.79 Å². The van der Waals surface area contributed by atoms with E-state index in [0.717, 1.165) is 51.0 Å². The summed E-state index contributed by atoms with van der Waals surface area (Å²) in [5.74, 6) is 2.04. The van der Waals surface area contributed by atoms with Crippen LogP contribution < -0.4 is 10.1 Å². The molecule has 0 aliphatic carbocycles. The number of halogens is 2. The van der Waals surface area contributed by atoms with Gasteiger partial charge in [0.05, 0.1) is 6.61 Å². The van der Waals surface area contributed by atoms with Crippen LogP contribution >= 0.6 is 43.6 Å². The van der Waals surface area contributed by atoms with E-state index in [1.807, 2.05) is 36.0 Å². The molecule has 0 spiro atoms. The van der Waals surface area contributed by atoms with Crippen LogP contribution in [0.3, 0.4) is 0 Å². The molecule has 0 bridgehead atoms. The summed E-state index contributed by atoms with van der Waals surface area (Å²) in [5.41, 5.74) is 2.08. The SMILES string of the molecule is O=C1CCc2cc(OCCCCSc3cc(Br)ccc3Br)ccc2N1. The molecule has 1 N–H and O–H groups in total. The van der Waals surface area contributed by atoms with Crippen LogP contribution in [0.15, 0.2) is 50.2 Å². The Balaban J connectivity index is 1.39. The van der Waals surface area contributed by atoms with Gasteiger partial charge < -0.3 is 10.1 Å². The first kappa shape index (κ1) is 18.8. The molecule has 6 heteroatoms. The number of unbranched alkanes of at least 4 members (excludes halogenated alkanes) is 1. The minimum absolute atomic E-state index is 0.0933. The summed E-state index contributed by atoms with van der Waals surface area (Å²) in [6.07, 6.45) is 3.46. The highest BCUT2D eigenvalue weighted by molar-refractivity contribution is 9.11. The number of hydrogen-bond donors (Lipinski definition) is 1. The van der Waals surface area contributed by atoms with Crippen LogP contribution in [0.1, 0.15) is 24.8 Å². The molecule has 0 atom stereocenters. The highest BCUT2D eigenvalue weighted by Crippen LogP contribution is 2.31. The van der Waals surface area contributed by atoms with E-state index in [4.69, 9.17) is 4.74 Å². The fourth-order valence-electron chi connectivity index (χ4n) is 2.61. The van der Waals surface area contributed by atoms with E-state index in [0.29, 0.717) is 13.0 Å². The summed E-state index contributed by atoms with van der Waals surface area (Å²) in [6, 6.07) is 12.1. The summed E-state index contributed by atoms with van der Waals surface area (Å²) < 4.78 is 8.09. The normalized spacial score (nSPS) is 13.3. The predicted octanol–water partition coefficient (Wildman–Crippen LogP) is 6.05. The molecule has 0 aromatic heterocycles. The number of aryl methyl sites for hydroxylation is 1. The standard InChI is InChI=1S/C19H19Br2NO2S/c20-14-4-6-16(21)18(12-14)25-10-2-1-9-24-15-5-7-17-13(11-15)3-8-19(23)22-17/h4-7,11-12H,1-3,8-10H2,(H,22,23). The van der Waals surface area contributed by atoms with Gasteiger partial charge in [-0.25, -0.2) is 0 Å². The number of hydrogen-bond acceptors (Lipinski definition) is 3. The smallest absolute Gasteiger partial charge is 0.224 e. The predicted molar refractivity (Wildman–Crippen MR) is 111 cm³/mol. The molecule has 0 saturated carbocycles. The summed E-state index contributed by atoms with van der Waals surface area (Å²) in [6.45, 7) is 0.714. The molecule has 1 heterocycles. The Morgan fingerprint density at radius 1 is 1.08 bits per heavy atom. The number of carbonyl (C=O) groups is 1. The highest BCUT2D eigenvalue weighted by Gasteiger charge is 2.14. The molecule has 0 fully saturated rings. The maximum absolute atomic E-state index is 11.4. The largest absolute Gasteiger partial charge is 0.494 e. The van der Waals surface area contributed by atoms with Crippen molar-refractivity contribution in [2.75, 3.05) is 17.7 Å². The van der Waals surface area contributed by atoms with E-state index in [9.17, 15) is 4.79 Å². The number of rotatable bonds is 7. The van der Waals surface area contributed by atoms with Gasteiger partial charge in [-0.2, -0.15) is 0 Å². The van der Waals surface area contributed by atoms with Crippen LogP contribution in [0, 0.1) is 0 Å². The molecule has 0 saturated heterocycles. The van der Waals surface area contributed by atoms with E-state index >= 15 is 0 Å². The molecule has 0 unspecified atom stereocenters. The van der Waals surface area contributed by atoms with Crippen molar-refractivity contribution in [2.45, 2.75) is 30.6 Å². The van der Waals surface area contributed by atoms with E-state index in [-0.39, 0.29) is 5.91 Å². The van der Waals surface area contributed by atoms with Gasteiger partial charge in [0.1, 0.15) is 5.75 Å². The summed E-state index contributed by atoms with van der Waals surface area (Å²) in [4.78, 5) is 12.6. The summed E-state index contributed by atoms with van der Waals surface area (Å²) in [5, 5.41) is 2.89. The molecular weight excluding hydrogens is 466 g/mol. The average Bonchev–Trinajstić information content (AvgIpc) is 2.60. The van der Waals surface area contributed by atoms with Crippen molar-refractivity contribution in [1.29, 1.82) is 0 Å². The van der Waals surface area contributed by atoms with Gasteiger partial charge in [-0.05, 0) is 82.9 Å². The van der Waals surface area contributed by atoms with Crippen molar-refractivity contribution in [1.82, 2.24) is 0 Å². The third-order valence-electron chi connectivity index (χ3n) is 3.93. The zero-order chi connectivity index (χ0) is 17.6. The Morgan fingerprint density at radius 2 is 1.96 bits per heavy atom. The molecule has 1 aliphatic heterocycles. The zero-order valence-corrected chi connectivity index (χ0v) is 17.7. The lowest BCUT2D eigenvalue weighted by Gasteiger charge is -2.17. The number of amides is 1. The van der Waals surface area contributed by atoms with Gasteiger partial charge in [-0.15, -0.1) is 11.8 Å². The number of carbonyl (C=O) groups excluding carboxylic acids is 1. The Kier molecular flexibility index (Phi) is 6.84. The molecule has 132 valence electrons. The molecule has 3 rings (SSSR count). The summed E-state index contributed by atoms with van der Waals surface area (Å²) >= 11 is 8.95. The van der Waals surface area contributed by atoms with Crippen LogP contribution in [-0.2, 0) is 11.2 Å². The van der Waals surface area contributed by atoms with Gasteiger partial charge in [0.2, 0.25) is 5.91 Å². The van der Waals surface area contributed by atoms with E-state index in [2.05, 4.69) is 49.3 Å². The van der Waals surface area contributed by atoms with Crippen molar-refractivity contribution < 1.29 is 9.53 Å². The van der Waals surface area contributed by atoms with Crippen LogP contribution in [0.4, 0.5) is 5.69 Å². The Hall–Kier alpha value is -0.980. The molecular formula is C19H19Br2NO2S. The number of fused-ring (bicyclic) bond motifs is 1. The van der Waals surface area contributed by atoms with Crippen molar-refractivity contribution in [2.24, 2.45) is 0 Å². The van der Waals surface area contributed by atoms with Crippen LogP contribution in [0.25, 0.3) is 0 Å². The fourth-order valence-corrected chi connectivity index (χ4v) is 4.70. The van der Waals surface area contributed by atoms with Gasteiger partial charge in [0.15, 0.2) is 0 Å². The van der Waals surface area contributed by atoms with Crippen LogP contribution in [0.2, 0.25) is 0 Å². The first-order valence-corrected chi connectivity index (χ1v) is 10.8. The number of ether oxygens (including phenoxy) is 1. The maximum Gasteiger partial charge on any atom is 0.224 e. The quantitative estimate of drug-likeness (QED) is 0.384.